The molecule has 4 aromatic rings. The number of halogens is 1. The molecule has 2 fully saturated rings. The van der Waals surface area contributed by atoms with Crippen molar-refractivity contribution in [2.24, 2.45) is 11.8 Å². The highest BCUT2D eigenvalue weighted by atomic mass is 35.5. The molecule has 2 unspecified atom stereocenters. The molecule has 2 aliphatic heterocycles. The van der Waals surface area contributed by atoms with Gasteiger partial charge < -0.3 is 46.6 Å². The fourth-order valence-corrected chi connectivity index (χ4v) is 7.67. The summed E-state index contributed by atoms with van der Waals surface area (Å²) >= 11 is 0. The Morgan fingerprint density at radius 1 is 0.667 bits per heavy atom. The van der Waals surface area contributed by atoms with Crippen molar-refractivity contribution in [1.82, 2.24) is 41.4 Å². The molecule has 15 heteroatoms. The number of nitrogens with zero attached hydrogens (tertiary/aromatic N) is 3. The molecule has 0 bridgehead atoms. The molecule has 2 atom stereocenters. The van der Waals surface area contributed by atoms with Crippen LogP contribution in [0.4, 0.5) is 0 Å². The number of rotatable bonds is 19. The van der Waals surface area contributed by atoms with E-state index in [0.717, 1.165) is 100 Å². The summed E-state index contributed by atoms with van der Waals surface area (Å²) in [6.45, 7) is 8.49. The standard InChI is InChI=1S/C23H33BN4O3.C22H30N4O2.ClH/c1-24(31)28-16-10-19(11-17-28)8-14-26-22(20-2-4-21(29)5-3-20)23(30)27-15-9-18-6-12-25-13-7-18;27-20-3-1-19(2-4-20)21(25-15-9-17-5-11-23-12-6-17)22(28)26-16-10-18-7-13-24-14-8-18;/h2-7,12-13,19,22,26,29,31H,8-11,14-17H2,1H3,(H,27,30);1-4,7-8,13-14,17,21,23,25,27H,5-6,9-12,15-16H2,(H,26,28);1H. The predicted molar refractivity (Wildman–Crippen MR) is 240 cm³/mol. The third-order valence-electron chi connectivity index (χ3n) is 11.3. The lowest BCUT2D eigenvalue weighted by Crippen LogP contribution is -2.43. The Morgan fingerprint density at radius 2 is 1.07 bits per heavy atom. The van der Waals surface area contributed by atoms with Crippen molar-refractivity contribution >= 4 is 31.3 Å². The Morgan fingerprint density at radius 3 is 1.47 bits per heavy atom. The minimum Gasteiger partial charge on any atom is -0.508 e. The minimum atomic E-state index is -0.462. The first-order chi connectivity index (χ1) is 28.7. The molecule has 0 radical (unpaired) electrons. The van der Waals surface area contributed by atoms with Gasteiger partial charge in [0.2, 0.25) is 11.8 Å². The van der Waals surface area contributed by atoms with Gasteiger partial charge >= 0.3 is 7.05 Å². The largest absolute Gasteiger partial charge is 0.508 e. The molecule has 6 rings (SSSR count). The molecule has 0 spiro atoms. The van der Waals surface area contributed by atoms with Crippen LogP contribution < -0.4 is 26.6 Å². The number of aromatic nitrogens is 2. The highest BCUT2D eigenvalue weighted by molar-refractivity contribution is 6.45. The summed E-state index contributed by atoms with van der Waals surface area (Å²) < 4.78 is 0. The van der Waals surface area contributed by atoms with E-state index in [1.165, 1.54) is 12.8 Å². The summed E-state index contributed by atoms with van der Waals surface area (Å²) in [6.07, 6.45) is 15.1. The van der Waals surface area contributed by atoms with E-state index in [2.05, 4.69) is 41.4 Å². The first-order valence-corrected chi connectivity index (χ1v) is 21.3. The monoisotopic (exact) mass is 842 g/mol. The number of phenols is 2. The van der Waals surface area contributed by atoms with E-state index in [1.807, 2.05) is 31.1 Å². The van der Waals surface area contributed by atoms with Crippen LogP contribution in [0.5, 0.6) is 11.5 Å². The maximum absolute atomic E-state index is 12.9. The predicted octanol–water partition coefficient (Wildman–Crippen LogP) is 4.58. The van der Waals surface area contributed by atoms with E-state index in [0.29, 0.717) is 24.9 Å². The average molecular weight is 843 g/mol. The quantitative estimate of drug-likeness (QED) is 0.0619. The Balaban J connectivity index is 0.000000262. The number of nitrogens with one attached hydrogen (secondary N) is 5. The molecule has 324 valence electrons. The lowest BCUT2D eigenvalue weighted by atomic mass is 9.80. The van der Waals surface area contributed by atoms with Gasteiger partial charge in [0.15, 0.2) is 0 Å². The Bertz CT molecular complexity index is 1780. The number of carbonyl (C=O) groups is 2. The second-order valence-electron chi connectivity index (χ2n) is 15.6. The number of phenolic OH excluding ortho intramolecular Hbond substituents is 2. The Labute approximate surface area is 362 Å². The fourth-order valence-electron chi connectivity index (χ4n) is 7.67. The van der Waals surface area contributed by atoms with Crippen molar-refractivity contribution in [3.63, 3.8) is 0 Å². The lowest BCUT2D eigenvalue weighted by Gasteiger charge is -2.32. The van der Waals surface area contributed by atoms with Crippen molar-refractivity contribution < 1.29 is 24.8 Å². The number of pyridine rings is 2. The number of hydrogen-bond donors (Lipinski definition) is 8. The Kier molecular flexibility index (Phi) is 21.3. The summed E-state index contributed by atoms with van der Waals surface area (Å²) in [5, 5.41) is 45.2. The molecule has 2 amide bonds. The second-order valence-corrected chi connectivity index (χ2v) is 15.6. The van der Waals surface area contributed by atoms with Crippen LogP contribution in [0.1, 0.15) is 72.9 Å². The first-order valence-electron chi connectivity index (χ1n) is 21.3. The zero-order valence-corrected chi connectivity index (χ0v) is 35.7. The van der Waals surface area contributed by atoms with Crippen LogP contribution in [-0.4, -0.2) is 101 Å². The Hall–Kier alpha value is -4.57. The first kappa shape index (κ1) is 48.1. The number of hydrogen-bond acceptors (Lipinski definition) is 11. The van der Waals surface area contributed by atoms with Crippen molar-refractivity contribution in [3.8, 4) is 11.5 Å². The second kappa shape index (κ2) is 26.6. The molecule has 8 N–H and O–H groups in total. The molecule has 2 aliphatic rings. The molecule has 0 aliphatic carbocycles. The van der Waals surface area contributed by atoms with Crippen molar-refractivity contribution in [2.45, 2.75) is 70.3 Å². The van der Waals surface area contributed by atoms with Gasteiger partial charge in [-0.1, -0.05) is 24.3 Å². The summed E-state index contributed by atoms with van der Waals surface area (Å²) in [4.78, 5) is 35.9. The molecule has 0 saturated carbocycles. The number of piperidine rings is 2. The summed E-state index contributed by atoms with van der Waals surface area (Å²) in [6, 6.07) is 20.6. The van der Waals surface area contributed by atoms with Crippen molar-refractivity contribution in [1.29, 1.82) is 0 Å². The third kappa shape index (κ3) is 16.8. The van der Waals surface area contributed by atoms with E-state index in [1.54, 1.807) is 73.3 Å². The molecule has 2 saturated heterocycles. The maximum Gasteiger partial charge on any atom is 0.376 e. The van der Waals surface area contributed by atoms with Gasteiger partial charge in [-0.05, 0) is 180 Å². The normalized spacial score (nSPS) is 15.7. The molecule has 13 nitrogen and oxygen atoms in total. The van der Waals surface area contributed by atoms with Crippen LogP contribution in [0.3, 0.4) is 0 Å². The molecule has 2 aromatic heterocycles. The van der Waals surface area contributed by atoms with E-state index >= 15 is 0 Å². The van der Waals surface area contributed by atoms with Gasteiger partial charge in [-0.15, -0.1) is 12.4 Å². The SMILES string of the molecule is CB(O)N1CCC(CCNC(C(=O)NCCc2ccncc2)c2ccc(O)cc2)CC1.Cl.O=C(NCCc1ccncc1)C(NCCC1CCNCC1)c1ccc(O)cc1. The van der Waals surface area contributed by atoms with Crippen LogP contribution in [0, 0.1) is 11.8 Å². The van der Waals surface area contributed by atoms with Crippen LogP contribution in [0.25, 0.3) is 0 Å². The van der Waals surface area contributed by atoms with Crippen LogP contribution >= 0.6 is 12.4 Å². The zero-order chi connectivity index (χ0) is 41.7. The van der Waals surface area contributed by atoms with Gasteiger partial charge in [0.25, 0.3) is 0 Å². The van der Waals surface area contributed by atoms with Crippen LogP contribution in [-0.2, 0) is 22.4 Å². The molecular weight excluding hydrogens is 779 g/mol. The zero-order valence-electron chi connectivity index (χ0n) is 34.8. The third-order valence-corrected chi connectivity index (χ3v) is 11.3. The van der Waals surface area contributed by atoms with Crippen molar-refractivity contribution in [2.75, 3.05) is 52.4 Å². The van der Waals surface area contributed by atoms with E-state index in [-0.39, 0.29) is 42.8 Å². The van der Waals surface area contributed by atoms with Gasteiger partial charge in [0, 0.05) is 37.9 Å². The molecule has 4 heterocycles. The number of benzene rings is 2. The number of carbonyl (C=O) groups excluding carboxylic acids is 2. The topological polar surface area (TPSA) is 184 Å². The van der Waals surface area contributed by atoms with Crippen LogP contribution in [0.15, 0.2) is 97.6 Å². The van der Waals surface area contributed by atoms with E-state index in [4.69, 9.17) is 0 Å². The van der Waals surface area contributed by atoms with E-state index < -0.39 is 12.1 Å². The van der Waals surface area contributed by atoms with Crippen LogP contribution in [0.2, 0.25) is 6.82 Å². The minimum absolute atomic E-state index is 0. The van der Waals surface area contributed by atoms with Gasteiger partial charge in [-0.2, -0.15) is 0 Å². The summed E-state index contributed by atoms with van der Waals surface area (Å²) in [7, 11) is -0.381. The molecule has 60 heavy (non-hydrogen) atoms. The van der Waals surface area contributed by atoms with Gasteiger partial charge in [-0.3, -0.25) is 19.6 Å². The maximum atomic E-state index is 12.9. The summed E-state index contributed by atoms with van der Waals surface area (Å²) in [5.41, 5.74) is 3.98. The number of amides is 2. The van der Waals surface area contributed by atoms with Crippen molar-refractivity contribution in [3.05, 3.63) is 120 Å². The highest BCUT2D eigenvalue weighted by Crippen LogP contribution is 2.23. The number of aromatic hydroxyl groups is 2. The smallest absolute Gasteiger partial charge is 0.376 e. The van der Waals surface area contributed by atoms with Gasteiger partial charge in [0.1, 0.15) is 23.6 Å². The average Bonchev–Trinajstić information content (AvgIpc) is 3.26. The molecular formula is C45H64BClN8O5. The molecule has 2 aromatic carbocycles. The fraction of sp³-hybridized carbons (Fsp3) is 0.467. The highest BCUT2D eigenvalue weighted by Gasteiger charge is 2.25. The summed E-state index contributed by atoms with van der Waals surface area (Å²) in [5.74, 6) is 1.59. The lowest BCUT2D eigenvalue weighted by molar-refractivity contribution is -0.124. The van der Waals surface area contributed by atoms with Gasteiger partial charge in [-0.25, -0.2) is 0 Å². The van der Waals surface area contributed by atoms with Gasteiger partial charge in [0.05, 0.1) is 0 Å². The van der Waals surface area contributed by atoms with E-state index in [9.17, 15) is 24.8 Å².